The number of aromatic nitrogens is 1. The van der Waals surface area contributed by atoms with Gasteiger partial charge in [-0.15, -0.1) is 0 Å². The van der Waals surface area contributed by atoms with E-state index in [4.69, 9.17) is 0 Å². The molecule has 3 rings (SSSR count). The van der Waals surface area contributed by atoms with Crippen molar-refractivity contribution in [2.45, 2.75) is 51.7 Å². The number of nitrogens with zero attached hydrogens (tertiary/aromatic N) is 1. The maximum Gasteiger partial charge on any atom is 0.416 e. The van der Waals surface area contributed by atoms with Gasteiger partial charge in [0.15, 0.2) is 5.78 Å². The fourth-order valence-corrected chi connectivity index (χ4v) is 3.46. The number of fused-ring (bicyclic) bond motifs is 1. The van der Waals surface area contributed by atoms with E-state index in [1.54, 1.807) is 0 Å². The summed E-state index contributed by atoms with van der Waals surface area (Å²) in [4.78, 5) is 13.0. The third-order valence-electron chi connectivity index (χ3n) is 5.01. The van der Waals surface area contributed by atoms with Gasteiger partial charge in [-0.2, -0.15) is 13.2 Å². The molecule has 0 unspecified atom stereocenters. The van der Waals surface area contributed by atoms with Crippen molar-refractivity contribution in [2.75, 3.05) is 0 Å². The van der Waals surface area contributed by atoms with Crippen LogP contribution >= 0.6 is 0 Å². The standard InChI is InChI=1S/C23H24F3NO/c1-2-3-4-5-8-15-27-16-20(19-9-6-7-10-21(19)27)22(28)17-11-13-18(14-12-17)23(24,25)26/h6-7,9-14,16H,2-5,8,15H2,1H3. The summed E-state index contributed by atoms with van der Waals surface area (Å²) in [6, 6.07) is 12.1. The summed E-state index contributed by atoms with van der Waals surface area (Å²) in [6.45, 7) is 3.00. The monoisotopic (exact) mass is 387 g/mol. The molecule has 0 amide bonds. The number of halogens is 3. The molecule has 0 radical (unpaired) electrons. The van der Waals surface area contributed by atoms with Gasteiger partial charge in [-0.1, -0.05) is 62.9 Å². The molecule has 2 aromatic carbocycles. The lowest BCUT2D eigenvalue weighted by atomic mass is 10.0. The molecule has 0 aliphatic heterocycles. The third-order valence-corrected chi connectivity index (χ3v) is 5.01. The molecule has 3 aromatic rings. The van der Waals surface area contributed by atoms with Gasteiger partial charge in [-0.3, -0.25) is 4.79 Å². The molecule has 0 aliphatic carbocycles. The highest BCUT2D eigenvalue weighted by Gasteiger charge is 2.30. The first-order valence-corrected chi connectivity index (χ1v) is 9.71. The Kier molecular flexibility index (Phi) is 6.22. The van der Waals surface area contributed by atoms with E-state index >= 15 is 0 Å². The summed E-state index contributed by atoms with van der Waals surface area (Å²) >= 11 is 0. The quantitative estimate of drug-likeness (QED) is 0.306. The van der Waals surface area contributed by atoms with E-state index < -0.39 is 11.7 Å². The number of benzene rings is 2. The molecule has 1 aromatic heterocycles. The van der Waals surface area contributed by atoms with Gasteiger partial charge in [-0.05, 0) is 24.6 Å². The highest BCUT2D eigenvalue weighted by Crippen LogP contribution is 2.30. The molecule has 28 heavy (non-hydrogen) atoms. The molecule has 0 saturated heterocycles. The van der Waals surface area contributed by atoms with Crippen molar-refractivity contribution in [1.29, 1.82) is 0 Å². The molecular weight excluding hydrogens is 363 g/mol. The summed E-state index contributed by atoms with van der Waals surface area (Å²) in [7, 11) is 0. The number of carbonyl (C=O) groups is 1. The minimum atomic E-state index is -4.41. The zero-order valence-electron chi connectivity index (χ0n) is 15.9. The zero-order chi connectivity index (χ0) is 20.1. The Morgan fingerprint density at radius 1 is 0.929 bits per heavy atom. The van der Waals surface area contributed by atoms with Gasteiger partial charge in [0.25, 0.3) is 0 Å². The summed E-state index contributed by atoms with van der Waals surface area (Å²) in [5.41, 5.74) is 1.02. The highest BCUT2D eigenvalue weighted by atomic mass is 19.4. The smallest absolute Gasteiger partial charge is 0.347 e. The number of ketones is 1. The SMILES string of the molecule is CCCCCCCn1cc(C(=O)c2ccc(C(F)(F)F)cc2)c2ccccc21. The highest BCUT2D eigenvalue weighted by molar-refractivity contribution is 6.16. The second kappa shape index (κ2) is 8.63. The summed E-state index contributed by atoms with van der Waals surface area (Å²) in [5.74, 6) is -0.255. The maximum absolute atomic E-state index is 13.0. The number of aryl methyl sites for hydroxylation is 1. The van der Waals surface area contributed by atoms with Crippen molar-refractivity contribution in [2.24, 2.45) is 0 Å². The molecule has 148 valence electrons. The number of unbranched alkanes of at least 4 members (excludes halogenated alkanes) is 4. The van der Waals surface area contributed by atoms with Crippen LogP contribution in [0.1, 0.15) is 60.5 Å². The van der Waals surface area contributed by atoms with E-state index in [0.29, 0.717) is 5.56 Å². The molecule has 0 aliphatic rings. The second-order valence-corrected chi connectivity index (χ2v) is 7.07. The summed E-state index contributed by atoms with van der Waals surface area (Å²) in [5, 5.41) is 0.834. The first-order chi connectivity index (χ1) is 13.4. The second-order valence-electron chi connectivity index (χ2n) is 7.07. The van der Waals surface area contributed by atoms with Crippen molar-refractivity contribution < 1.29 is 18.0 Å². The molecule has 1 heterocycles. The van der Waals surface area contributed by atoms with E-state index in [1.165, 1.54) is 31.4 Å². The molecule has 0 saturated carbocycles. The third kappa shape index (κ3) is 4.46. The van der Waals surface area contributed by atoms with Crippen molar-refractivity contribution in [3.05, 3.63) is 71.4 Å². The van der Waals surface area contributed by atoms with Crippen molar-refractivity contribution in [3.8, 4) is 0 Å². The molecule has 2 nitrogen and oxygen atoms in total. The lowest BCUT2D eigenvalue weighted by molar-refractivity contribution is -0.137. The van der Waals surface area contributed by atoms with E-state index in [2.05, 4.69) is 11.5 Å². The van der Waals surface area contributed by atoms with Gasteiger partial charge < -0.3 is 4.57 Å². The molecule has 0 spiro atoms. The number of alkyl halides is 3. The maximum atomic E-state index is 13.0. The van der Waals surface area contributed by atoms with Crippen molar-refractivity contribution in [1.82, 2.24) is 4.57 Å². The molecule has 0 bridgehead atoms. The molecule has 0 atom stereocenters. The Labute approximate surface area is 163 Å². The number of carbonyl (C=O) groups excluding carboxylic acids is 1. The summed E-state index contributed by atoms with van der Waals surface area (Å²) in [6.07, 6.45) is 3.23. The lowest BCUT2D eigenvalue weighted by Gasteiger charge is -2.07. The number of rotatable bonds is 8. The van der Waals surface area contributed by atoms with Crippen molar-refractivity contribution >= 4 is 16.7 Å². The van der Waals surface area contributed by atoms with E-state index in [9.17, 15) is 18.0 Å². The predicted octanol–water partition coefficient (Wildman–Crippen LogP) is 6.86. The van der Waals surface area contributed by atoms with Crippen LogP contribution in [0.2, 0.25) is 0 Å². The molecule has 0 N–H and O–H groups in total. The normalized spacial score (nSPS) is 11.9. The fraction of sp³-hybridized carbons (Fsp3) is 0.348. The molecular formula is C23H24F3NO. The van der Waals surface area contributed by atoms with Crippen LogP contribution in [-0.4, -0.2) is 10.4 Å². The number of para-hydroxylation sites is 1. The van der Waals surface area contributed by atoms with Crippen LogP contribution in [-0.2, 0) is 12.7 Å². The Hall–Kier alpha value is -2.56. The minimum Gasteiger partial charge on any atom is -0.347 e. The number of hydrogen-bond acceptors (Lipinski definition) is 1. The Morgan fingerprint density at radius 2 is 1.61 bits per heavy atom. The number of hydrogen-bond donors (Lipinski definition) is 0. The average Bonchev–Trinajstić information content (AvgIpc) is 3.05. The largest absolute Gasteiger partial charge is 0.416 e. The van der Waals surface area contributed by atoms with Crippen LogP contribution < -0.4 is 0 Å². The Balaban J connectivity index is 1.85. The van der Waals surface area contributed by atoms with Gasteiger partial charge in [0, 0.05) is 34.8 Å². The average molecular weight is 387 g/mol. The van der Waals surface area contributed by atoms with Gasteiger partial charge in [-0.25, -0.2) is 0 Å². The van der Waals surface area contributed by atoms with E-state index in [0.717, 1.165) is 42.4 Å². The van der Waals surface area contributed by atoms with Crippen molar-refractivity contribution in [3.63, 3.8) is 0 Å². The lowest BCUT2D eigenvalue weighted by Crippen LogP contribution is -2.06. The van der Waals surface area contributed by atoms with Gasteiger partial charge in [0.1, 0.15) is 0 Å². The predicted molar refractivity (Wildman–Crippen MR) is 106 cm³/mol. The van der Waals surface area contributed by atoms with Gasteiger partial charge in [0.05, 0.1) is 5.56 Å². The zero-order valence-corrected chi connectivity index (χ0v) is 15.9. The summed E-state index contributed by atoms with van der Waals surface area (Å²) < 4.78 is 40.4. The van der Waals surface area contributed by atoms with Crippen LogP contribution in [0.4, 0.5) is 13.2 Å². The minimum absolute atomic E-state index is 0.255. The molecule has 0 fully saturated rings. The molecule has 5 heteroatoms. The topological polar surface area (TPSA) is 22.0 Å². The van der Waals surface area contributed by atoms with Crippen LogP contribution in [0.3, 0.4) is 0 Å². The van der Waals surface area contributed by atoms with Crippen LogP contribution in [0.5, 0.6) is 0 Å². The first-order valence-electron chi connectivity index (χ1n) is 9.71. The van der Waals surface area contributed by atoms with E-state index in [1.807, 2.05) is 30.5 Å². The van der Waals surface area contributed by atoms with Crippen LogP contribution in [0.25, 0.3) is 10.9 Å². The Bertz CT molecular complexity index is 939. The van der Waals surface area contributed by atoms with Crippen LogP contribution in [0, 0.1) is 0 Å². The first kappa shape index (κ1) is 20.2. The van der Waals surface area contributed by atoms with Gasteiger partial charge >= 0.3 is 6.18 Å². The van der Waals surface area contributed by atoms with Gasteiger partial charge in [0.2, 0.25) is 0 Å². The van der Waals surface area contributed by atoms with E-state index in [-0.39, 0.29) is 11.3 Å². The Morgan fingerprint density at radius 3 is 2.29 bits per heavy atom. The van der Waals surface area contributed by atoms with Crippen LogP contribution in [0.15, 0.2) is 54.7 Å². The fourth-order valence-electron chi connectivity index (χ4n) is 3.46.